The number of alkyl halides is 6. The highest BCUT2D eigenvalue weighted by atomic mass is 19.4. The fourth-order valence-electron chi connectivity index (χ4n) is 3.43. The number of nitrogens with zero attached hydrogens (tertiary/aromatic N) is 4. The van der Waals surface area contributed by atoms with Gasteiger partial charge < -0.3 is 0 Å². The quantitative estimate of drug-likeness (QED) is 0.433. The highest BCUT2D eigenvalue weighted by Crippen LogP contribution is 2.34. The van der Waals surface area contributed by atoms with Crippen LogP contribution >= 0.6 is 0 Å². The Hall–Kier alpha value is -3.70. The highest BCUT2D eigenvalue weighted by molar-refractivity contribution is 6.34. The molecule has 0 radical (unpaired) electrons. The van der Waals surface area contributed by atoms with Gasteiger partial charge >= 0.3 is 12.4 Å². The lowest BCUT2D eigenvalue weighted by atomic mass is 10.1. The number of carbonyl (C=O) groups is 2. The molecule has 0 atom stereocenters. The topological polar surface area (TPSA) is 68.1 Å². The molecule has 3 aromatic rings. The van der Waals surface area contributed by atoms with E-state index in [9.17, 15) is 35.9 Å². The van der Waals surface area contributed by atoms with E-state index in [1.165, 1.54) is 37.3 Å². The van der Waals surface area contributed by atoms with Gasteiger partial charge in [-0.1, -0.05) is 24.3 Å². The summed E-state index contributed by atoms with van der Waals surface area (Å²) in [4.78, 5) is 28.8. The molecule has 0 bridgehead atoms. The predicted molar refractivity (Wildman–Crippen MR) is 97.9 cm³/mol. The van der Waals surface area contributed by atoms with Crippen LogP contribution in [-0.4, -0.2) is 26.6 Å². The Labute approximate surface area is 176 Å². The van der Waals surface area contributed by atoms with Crippen LogP contribution in [0.15, 0.2) is 42.5 Å². The monoisotopic (exact) mass is 454 g/mol. The van der Waals surface area contributed by atoms with Crippen molar-refractivity contribution in [2.75, 3.05) is 4.90 Å². The number of hydrogen-bond acceptors (Lipinski definition) is 4. The summed E-state index contributed by atoms with van der Waals surface area (Å²) in [6.45, 7) is 0.872. The second-order valence-corrected chi connectivity index (χ2v) is 7.02. The van der Waals surface area contributed by atoms with Crippen molar-refractivity contribution in [3.05, 3.63) is 76.4 Å². The molecule has 12 heteroatoms. The fraction of sp³-hybridized carbons (Fsp3) is 0.200. The average molecular weight is 454 g/mol. The second kappa shape index (κ2) is 7.18. The maximum absolute atomic E-state index is 13.1. The van der Waals surface area contributed by atoms with E-state index in [2.05, 4.69) is 10.1 Å². The SMILES string of the molecule is Cc1cc(Cn2nc(C(F)(F)F)nc2C(F)(F)F)ccc1N1C(=O)c2ccccc2C1=O. The number of benzene rings is 2. The number of aryl methyl sites for hydroxylation is 1. The second-order valence-electron chi connectivity index (χ2n) is 7.02. The summed E-state index contributed by atoms with van der Waals surface area (Å²) in [5, 5.41) is 2.97. The van der Waals surface area contributed by atoms with Crippen molar-refractivity contribution in [1.82, 2.24) is 14.8 Å². The summed E-state index contributed by atoms with van der Waals surface area (Å²) >= 11 is 0. The smallest absolute Gasteiger partial charge is 0.268 e. The summed E-state index contributed by atoms with van der Waals surface area (Å²) in [5.41, 5.74) is 1.19. The summed E-state index contributed by atoms with van der Waals surface area (Å²) in [5.74, 6) is -4.78. The molecule has 0 N–H and O–H groups in total. The van der Waals surface area contributed by atoms with Gasteiger partial charge in [-0.2, -0.15) is 31.3 Å². The van der Waals surface area contributed by atoms with E-state index in [1.54, 1.807) is 12.1 Å². The van der Waals surface area contributed by atoms with E-state index in [4.69, 9.17) is 0 Å². The molecule has 6 nitrogen and oxygen atoms in total. The van der Waals surface area contributed by atoms with Crippen molar-refractivity contribution in [3.8, 4) is 0 Å². The standard InChI is InChI=1S/C20H12F6N4O2/c1-10-8-11(9-29-18(20(24,25)26)27-17(28-29)19(21,22)23)6-7-14(10)30-15(31)12-4-2-3-5-13(12)16(30)32/h2-8H,9H2,1H3. The summed E-state index contributed by atoms with van der Waals surface area (Å²) in [7, 11) is 0. The van der Waals surface area contributed by atoms with Crippen LogP contribution in [0, 0.1) is 6.92 Å². The molecule has 1 aliphatic heterocycles. The lowest BCUT2D eigenvalue weighted by Crippen LogP contribution is -2.30. The van der Waals surface area contributed by atoms with Crippen molar-refractivity contribution in [2.45, 2.75) is 25.8 Å². The number of imide groups is 1. The Morgan fingerprint density at radius 2 is 1.47 bits per heavy atom. The first-order valence-corrected chi connectivity index (χ1v) is 9.04. The van der Waals surface area contributed by atoms with Crippen molar-refractivity contribution >= 4 is 17.5 Å². The van der Waals surface area contributed by atoms with Gasteiger partial charge in [0.2, 0.25) is 5.82 Å². The van der Waals surface area contributed by atoms with Gasteiger partial charge in [0, 0.05) is 0 Å². The van der Waals surface area contributed by atoms with Gasteiger partial charge in [0.15, 0.2) is 0 Å². The maximum Gasteiger partial charge on any atom is 0.453 e. The number of anilines is 1. The summed E-state index contributed by atoms with van der Waals surface area (Å²) in [6.07, 6.45) is -10.3. The average Bonchev–Trinajstić information content (AvgIpc) is 3.23. The van der Waals surface area contributed by atoms with Gasteiger partial charge in [-0.3, -0.25) is 9.59 Å². The molecule has 2 amide bonds. The fourth-order valence-corrected chi connectivity index (χ4v) is 3.43. The predicted octanol–water partition coefficient (Wildman–Crippen LogP) is 4.47. The van der Waals surface area contributed by atoms with Crippen LogP contribution < -0.4 is 4.90 Å². The van der Waals surface area contributed by atoms with Gasteiger partial charge in [0.05, 0.1) is 23.4 Å². The maximum atomic E-state index is 13.1. The van der Waals surface area contributed by atoms with Crippen LogP contribution in [0.3, 0.4) is 0 Å². The zero-order valence-electron chi connectivity index (χ0n) is 16.1. The van der Waals surface area contributed by atoms with Crippen molar-refractivity contribution in [3.63, 3.8) is 0 Å². The van der Waals surface area contributed by atoms with Crippen LogP contribution in [0.5, 0.6) is 0 Å². The molecule has 1 aliphatic rings. The number of aromatic nitrogens is 3. The third-order valence-electron chi connectivity index (χ3n) is 4.81. The van der Waals surface area contributed by atoms with Crippen LogP contribution in [0.1, 0.15) is 43.5 Å². The number of amides is 2. The molecule has 1 aromatic heterocycles. The first-order chi connectivity index (χ1) is 14.9. The van der Waals surface area contributed by atoms with Crippen molar-refractivity contribution in [1.29, 1.82) is 0 Å². The molecule has 4 rings (SSSR count). The van der Waals surface area contributed by atoms with Crippen molar-refractivity contribution in [2.24, 2.45) is 0 Å². The van der Waals surface area contributed by atoms with E-state index in [0.29, 0.717) is 5.56 Å². The minimum Gasteiger partial charge on any atom is -0.268 e. The molecule has 0 unspecified atom stereocenters. The molecule has 2 heterocycles. The Morgan fingerprint density at radius 1 is 0.875 bits per heavy atom. The Kier molecular flexibility index (Phi) is 4.83. The van der Waals surface area contributed by atoms with Crippen LogP contribution in [-0.2, 0) is 18.9 Å². The lowest BCUT2D eigenvalue weighted by molar-refractivity contribution is -0.150. The first-order valence-electron chi connectivity index (χ1n) is 9.04. The van der Waals surface area contributed by atoms with Gasteiger partial charge in [-0.25, -0.2) is 9.58 Å². The zero-order valence-corrected chi connectivity index (χ0v) is 16.1. The van der Waals surface area contributed by atoms with E-state index in [1.807, 2.05) is 0 Å². The Morgan fingerprint density at radius 3 is 1.97 bits per heavy atom. The van der Waals surface area contributed by atoms with Crippen LogP contribution in [0.25, 0.3) is 0 Å². The molecule has 32 heavy (non-hydrogen) atoms. The zero-order chi connectivity index (χ0) is 23.4. The molecule has 0 saturated carbocycles. The highest BCUT2D eigenvalue weighted by Gasteiger charge is 2.44. The minimum absolute atomic E-state index is 0.124. The van der Waals surface area contributed by atoms with E-state index in [0.717, 1.165) is 4.90 Å². The largest absolute Gasteiger partial charge is 0.453 e. The van der Waals surface area contributed by atoms with Crippen LogP contribution in [0.4, 0.5) is 32.0 Å². The third kappa shape index (κ3) is 3.61. The third-order valence-corrected chi connectivity index (χ3v) is 4.81. The van der Waals surface area contributed by atoms with Crippen LogP contribution in [0.2, 0.25) is 0 Å². The molecular formula is C20H12F6N4O2. The summed E-state index contributed by atoms with van der Waals surface area (Å²) in [6, 6.07) is 10.2. The number of fused-ring (bicyclic) bond motifs is 1. The molecule has 0 fully saturated rings. The minimum atomic E-state index is -5.15. The number of hydrogen-bond donors (Lipinski definition) is 0. The molecule has 166 valence electrons. The Balaban J connectivity index is 1.67. The van der Waals surface area contributed by atoms with Gasteiger partial charge in [0.1, 0.15) is 0 Å². The Bertz CT molecular complexity index is 1210. The van der Waals surface area contributed by atoms with E-state index < -0.39 is 42.4 Å². The molecular weight excluding hydrogens is 442 g/mol. The molecule has 0 saturated heterocycles. The van der Waals surface area contributed by atoms with Crippen molar-refractivity contribution < 1.29 is 35.9 Å². The van der Waals surface area contributed by atoms with Gasteiger partial charge in [-0.05, 0) is 36.2 Å². The molecule has 2 aromatic carbocycles. The van der Waals surface area contributed by atoms with Gasteiger partial charge in [0.25, 0.3) is 17.6 Å². The van der Waals surface area contributed by atoms with E-state index in [-0.39, 0.29) is 27.1 Å². The first kappa shape index (κ1) is 21.5. The molecule has 0 aliphatic carbocycles. The summed E-state index contributed by atoms with van der Waals surface area (Å²) < 4.78 is 78.0. The van der Waals surface area contributed by atoms with E-state index >= 15 is 0 Å². The normalized spacial score (nSPS) is 14.3. The number of rotatable bonds is 3. The van der Waals surface area contributed by atoms with Gasteiger partial charge in [-0.15, -0.1) is 5.10 Å². The molecule has 0 spiro atoms. The lowest BCUT2D eigenvalue weighted by Gasteiger charge is -2.18. The number of carbonyl (C=O) groups excluding carboxylic acids is 2. The number of halogens is 6.